The zero-order valence-corrected chi connectivity index (χ0v) is 13.2. The van der Waals surface area contributed by atoms with Crippen LogP contribution >= 0.6 is 0 Å². The Morgan fingerprint density at radius 1 is 1.22 bits per heavy atom. The summed E-state index contributed by atoms with van der Waals surface area (Å²) in [5, 5.41) is 12.5. The molecule has 2 atom stereocenters. The van der Waals surface area contributed by atoms with Crippen molar-refractivity contribution in [2.24, 2.45) is 0 Å². The van der Waals surface area contributed by atoms with Crippen molar-refractivity contribution in [2.75, 3.05) is 16.3 Å². The molecule has 0 saturated heterocycles. The molecule has 23 heavy (non-hydrogen) atoms. The van der Waals surface area contributed by atoms with Crippen molar-refractivity contribution in [3.05, 3.63) is 54.1 Å². The van der Waals surface area contributed by atoms with Crippen LogP contribution in [0.5, 0.6) is 5.75 Å². The predicted molar refractivity (Wildman–Crippen MR) is 87.7 cm³/mol. The highest BCUT2D eigenvalue weighted by Gasteiger charge is 2.31. The standard InChI is InChI=1S/C16H15N3O3S/c1-23(20,21)19-12-7-8-15-13(9-12)18-14(10-17)16(22-15)11-5-3-2-4-6-11/h2-9,14,16,18-19H,1H3. The minimum atomic E-state index is -3.36. The molecule has 2 N–H and O–H groups in total. The zero-order chi connectivity index (χ0) is 16.4. The summed E-state index contributed by atoms with van der Waals surface area (Å²) >= 11 is 0. The van der Waals surface area contributed by atoms with Crippen molar-refractivity contribution in [1.82, 2.24) is 0 Å². The van der Waals surface area contributed by atoms with Gasteiger partial charge in [-0.25, -0.2) is 8.42 Å². The molecule has 1 aliphatic rings. The van der Waals surface area contributed by atoms with Gasteiger partial charge in [0.1, 0.15) is 5.75 Å². The Morgan fingerprint density at radius 3 is 2.61 bits per heavy atom. The van der Waals surface area contributed by atoms with Crippen molar-refractivity contribution in [2.45, 2.75) is 12.1 Å². The van der Waals surface area contributed by atoms with Crippen molar-refractivity contribution in [3.63, 3.8) is 0 Å². The van der Waals surface area contributed by atoms with Crippen LogP contribution in [0.3, 0.4) is 0 Å². The van der Waals surface area contributed by atoms with Crippen LogP contribution in [0.15, 0.2) is 48.5 Å². The Balaban J connectivity index is 1.93. The summed E-state index contributed by atoms with van der Waals surface area (Å²) in [6, 6.07) is 16.0. The number of rotatable bonds is 3. The van der Waals surface area contributed by atoms with E-state index in [9.17, 15) is 13.7 Å². The number of hydrogen-bond donors (Lipinski definition) is 2. The molecule has 2 unspecified atom stereocenters. The number of nitrogens with one attached hydrogen (secondary N) is 2. The summed E-state index contributed by atoms with van der Waals surface area (Å²) in [6.07, 6.45) is 0.655. The van der Waals surface area contributed by atoms with E-state index in [1.807, 2.05) is 30.3 Å². The molecule has 3 rings (SSSR count). The molecule has 1 heterocycles. The van der Waals surface area contributed by atoms with Gasteiger partial charge in [-0.05, 0) is 23.8 Å². The second-order valence-corrected chi connectivity index (χ2v) is 7.03. The number of fused-ring (bicyclic) bond motifs is 1. The largest absolute Gasteiger partial charge is 0.480 e. The Hall–Kier alpha value is -2.72. The van der Waals surface area contributed by atoms with Crippen LogP contribution in [0, 0.1) is 11.3 Å². The lowest BCUT2D eigenvalue weighted by molar-refractivity contribution is 0.190. The predicted octanol–water partition coefficient (Wildman–Crippen LogP) is 2.50. The average Bonchev–Trinajstić information content (AvgIpc) is 2.53. The summed E-state index contributed by atoms with van der Waals surface area (Å²) in [5.41, 5.74) is 1.89. The van der Waals surface area contributed by atoms with Gasteiger partial charge in [0, 0.05) is 0 Å². The Labute approximate surface area is 134 Å². The van der Waals surface area contributed by atoms with Crippen LogP contribution in [0.25, 0.3) is 0 Å². The molecule has 118 valence electrons. The van der Waals surface area contributed by atoms with Crippen molar-refractivity contribution in [3.8, 4) is 11.8 Å². The van der Waals surface area contributed by atoms with Crippen molar-refractivity contribution >= 4 is 21.4 Å². The first kappa shape index (κ1) is 15.2. The second-order valence-electron chi connectivity index (χ2n) is 5.29. The van der Waals surface area contributed by atoms with Crippen molar-refractivity contribution < 1.29 is 13.2 Å². The number of ether oxygens (including phenoxy) is 1. The first-order chi connectivity index (χ1) is 11.0. The number of sulfonamides is 1. The maximum Gasteiger partial charge on any atom is 0.229 e. The lowest BCUT2D eigenvalue weighted by Gasteiger charge is -2.31. The molecule has 0 aromatic heterocycles. The van der Waals surface area contributed by atoms with E-state index in [-0.39, 0.29) is 0 Å². The second kappa shape index (κ2) is 5.82. The van der Waals surface area contributed by atoms with Crippen LogP contribution in [0.2, 0.25) is 0 Å². The topological polar surface area (TPSA) is 91.2 Å². The van der Waals surface area contributed by atoms with Gasteiger partial charge in [0.25, 0.3) is 0 Å². The van der Waals surface area contributed by atoms with Gasteiger partial charge in [-0.1, -0.05) is 30.3 Å². The summed E-state index contributed by atoms with van der Waals surface area (Å²) < 4.78 is 31.0. The minimum Gasteiger partial charge on any atom is -0.480 e. The molecule has 0 spiro atoms. The molecule has 0 saturated carbocycles. The smallest absolute Gasteiger partial charge is 0.229 e. The molecule has 0 bridgehead atoms. The van der Waals surface area contributed by atoms with Crippen LogP contribution in [0.1, 0.15) is 11.7 Å². The number of hydrogen-bond acceptors (Lipinski definition) is 5. The molecule has 0 fully saturated rings. The van der Waals surface area contributed by atoms with E-state index >= 15 is 0 Å². The SMILES string of the molecule is CS(=O)(=O)Nc1ccc2c(c1)NC(C#N)C(c1ccccc1)O2. The molecule has 0 amide bonds. The fourth-order valence-electron chi connectivity index (χ4n) is 2.47. The van der Waals surface area contributed by atoms with E-state index in [0.717, 1.165) is 11.8 Å². The van der Waals surface area contributed by atoms with E-state index in [4.69, 9.17) is 4.74 Å². The van der Waals surface area contributed by atoms with Gasteiger partial charge in [-0.15, -0.1) is 0 Å². The summed E-state index contributed by atoms with van der Waals surface area (Å²) in [5.74, 6) is 0.574. The van der Waals surface area contributed by atoms with Gasteiger partial charge in [-0.3, -0.25) is 4.72 Å². The normalized spacial score (nSPS) is 19.7. The monoisotopic (exact) mass is 329 g/mol. The summed E-state index contributed by atoms with van der Waals surface area (Å²) in [4.78, 5) is 0. The van der Waals surface area contributed by atoms with Crippen molar-refractivity contribution in [1.29, 1.82) is 5.26 Å². The summed E-state index contributed by atoms with van der Waals surface area (Å²) in [7, 11) is -3.36. The lowest BCUT2D eigenvalue weighted by atomic mass is 10.0. The highest BCUT2D eigenvalue weighted by Crippen LogP contribution is 2.38. The number of nitriles is 1. The molecular formula is C16H15N3O3S. The first-order valence-electron chi connectivity index (χ1n) is 6.96. The third kappa shape index (κ3) is 3.38. The molecule has 6 nitrogen and oxygen atoms in total. The summed E-state index contributed by atoms with van der Waals surface area (Å²) in [6.45, 7) is 0. The number of benzene rings is 2. The molecule has 2 aromatic rings. The molecule has 0 radical (unpaired) electrons. The van der Waals surface area contributed by atoms with Gasteiger partial charge in [0.2, 0.25) is 10.0 Å². The molecule has 2 aromatic carbocycles. The third-order valence-corrected chi connectivity index (χ3v) is 4.02. The van der Waals surface area contributed by atoms with Gasteiger partial charge in [0.05, 0.1) is 23.7 Å². The molecule has 0 aliphatic carbocycles. The van der Waals surface area contributed by atoms with Crippen LogP contribution < -0.4 is 14.8 Å². The Bertz CT molecular complexity index is 860. The van der Waals surface area contributed by atoms with E-state index < -0.39 is 22.2 Å². The Kier molecular flexibility index (Phi) is 3.84. The minimum absolute atomic E-state index is 0.414. The number of nitrogens with zero attached hydrogens (tertiary/aromatic N) is 1. The van der Waals surface area contributed by atoms with E-state index in [1.54, 1.807) is 18.2 Å². The van der Waals surface area contributed by atoms with Gasteiger partial charge in [-0.2, -0.15) is 5.26 Å². The average molecular weight is 329 g/mol. The molecule has 1 aliphatic heterocycles. The Morgan fingerprint density at radius 2 is 1.96 bits per heavy atom. The fourth-order valence-corrected chi connectivity index (χ4v) is 3.03. The maximum atomic E-state index is 11.3. The molecular weight excluding hydrogens is 314 g/mol. The first-order valence-corrected chi connectivity index (χ1v) is 8.85. The fraction of sp³-hybridized carbons (Fsp3) is 0.188. The number of anilines is 2. The third-order valence-electron chi connectivity index (χ3n) is 3.42. The van der Waals surface area contributed by atoms with Crippen LogP contribution in [-0.4, -0.2) is 20.7 Å². The van der Waals surface area contributed by atoms with Gasteiger partial charge >= 0.3 is 0 Å². The van der Waals surface area contributed by atoms with E-state index in [0.29, 0.717) is 17.1 Å². The maximum absolute atomic E-state index is 11.3. The quantitative estimate of drug-likeness (QED) is 0.903. The van der Waals surface area contributed by atoms with E-state index in [1.165, 1.54) is 0 Å². The highest BCUT2D eigenvalue weighted by atomic mass is 32.2. The van der Waals surface area contributed by atoms with Crippen LogP contribution in [0.4, 0.5) is 11.4 Å². The zero-order valence-electron chi connectivity index (χ0n) is 12.4. The lowest BCUT2D eigenvalue weighted by Crippen LogP contribution is -2.34. The van der Waals surface area contributed by atoms with E-state index in [2.05, 4.69) is 16.1 Å². The van der Waals surface area contributed by atoms with Gasteiger partial charge in [0.15, 0.2) is 12.1 Å². The highest BCUT2D eigenvalue weighted by molar-refractivity contribution is 7.92. The molecule has 7 heteroatoms. The van der Waals surface area contributed by atoms with Gasteiger partial charge < -0.3 is 10.1 Å². The van der Waals surface area contributed by atoms with Crippen LogP contribution in [-0.2, 0) is 10.0 Å².